The summed E-state index contributed by atoms with van der Waals surface area (Å²) in [6, 6.07) is 13.0. The van der Waals surface area contributed by atoms with Gasteiger partial charge in [-0.1, -0.05) is 37.6 Å². The van der Waals surface area contributed by atoms with Crippen molar-refractivity contribution in [1.82, 2.24) is 10.2 Å². The monoisotopic (exact) mass is 458 g/mol. The summed E-state index contributed by atoms with van der Waals surface area (Å²) in [7, 11) is 0. The number of benzene rings is 2. The molecule has 0 unspecified atom stereocenters. The van der Waals surface area contributed by atoms with Gasteiger partial charge in [-0.05, 0) is 54.5 Å². The highest BCUT2D eigenvalue weighted by atomic mass is 35.5. The van der Waals surface area contributed by atoms with Crippen LogP contribution in [0.15, 0.2) is 42.5 Å². The number of hydrogen-bond donors (Lipinski definition) is 2. The molecular formula is C23H27ClN4O2S. The number of aryl methyl sites for hydroxylation is 1. The standard InChI is InChI=1S/C23H27ClN4O2S/c1-3-16-5-7-17(8-6-16)22(30)26-23(31)25-18-9-10-20(19(24)15-18)27-11-13-28(14-12-27)21(29)4-2/h5-10,15H,3-4,11-14H2,1-2H3,(H2,25,26,30,31). The van der Waals surface area contributed by atoms with E-state index in [1.807, 2.05) is 36.1 Å². The third-order valence-electron chi connectivity index (χ3n) is 5.33. The molecule has 0 aliphatic carbocycles. The van der Waals surface area contributed by atoms with Gasteiger partial charge in [-0.15, -0.1) is 0 Å². The van der Waals surface area contributed by atoms with E-state index in [2.05, 4.69) is 22.5 Å². The van der Waals surface area contributed by atoms with Crippen LogP contribution in [-0.2, 0) is 11.2 Å². The molecule has 3 rings (SSSR count). The zero-order chi connectivity index (χ0) is 22.4. The molecule has 1 saturated heterocycles. The van der Waals surface area contributed by atoms with Gasteiger partial charge in [-0.2, -0.15) is 0 Å². The van der Waals surface area contributed by atoms with Crippen LogP contribution in [0, 0.1) is 0 Å². The molecule has 0 atom stereocenters. The molecule has 6 nitrogen and oxygen atoms in total. The summed E-state index contributed by atoms with van der Waals surface area (Å²) in [5.41, 5.74) is 3.34. The number of piperazine rings is 1. The fourth-order valence-electron chi connectivity index (χ4n) is 3.49. The maximum absolute atomic E-state index is 12.4. The first-order valence-corrected chi connectivity index (χ1v) is 11.2. The smallest absolute Gasteiger partial charge is 0.257 e. The summed E-state index contributed by atoms with van der Waals surface area (Å²) in [5, 5.41) is 6.50. The second-order valence-corrected chi connectivity index (χ2v) is 8.16. The van der Waals surface area contributed by atoms with Crippen molar-refractivity contribution in [3.05, 3.63) is 58.6 Å². The van der Waals surface area contributed by atoms with Crippen molar-refractivity contribution in [3.8, 4) is 0 Å². The molecule has 2 aromatic carbocycles. The highest BCUT2D eigenvalue weighted by molar-refractivity contribution is 7.80. The van der Waals surface area contributed by atoms with Crippen LogP contribution in [0.1, 0.15) is 36.2 Å². The highest BCUT2D eigenvalue weighted by Gasteiger charge is 2.21. The number of amides is 2. The zero-order valence-corrected chi connectivity index (χ0v) is 19.4. The zero-order valence-electron chi connectivity index (χ0n) is 17.8. The molecule has 0 bridgehead atoms. The lowest BCUT2D eigenvalue weighted by Crippen LogP contribution is -2.48. The molecule has 0 aromatic heterocycles. The topological polar surface area (TPSA) is 64.7 Å². The van der Waals surface area contributed by atoms with Gasteiger partial charge in [0, 0.05) is 43.9 Å². The van der Waals surface area contributed by atoms with E-state index in [1.54, 1.807) is 18.2 Å². The van der Waals surface area contributed by atoms with E-state index in [0.717, 1.165) is 25.2 Å². The van der Waals surface area contributed by atoms with Gasteiger partial charge in [0.25, 0.3) is 5.91 Å². The van der Waals surface area contributed by atoms with Crippen molar-refractivity contribution in [2.75, 3.05) is 36.4 Å². The van der Waals surface area contributed by atoms with Gasteiger partial charge in [0.15, 0.2) is 5.11 Å². The van der Waals surface area contributed by atoms with Gasteiger partial charge in [-0.25, -0.2) is 0 Å². The first-order valence-electron chi connectivity index (χ1n) is 10.4. The summed E-state index contributed by atoms with van der Waals surface area (Å²) in [6.45, 7) is 6.81. The predicted molar refractivity (Wildman–Crippen MR) is 130 cm³/mol. The number of carbonyl (C=O) groups excluding carboxylic acids is 2. The van der Waals surface area contributed by atoms with Gasteiger partial charge in [-0.3, -0.25) is 14.9 Å². The highest BCUT2D eigenvalue weighted by Crippen LogP contribution is 2.29. The summed E-state index contributed by atoms with van der Waals surface area (Å²) in [4.78, 5) is 28.3. The minimum absolute atomic E-state index is 0.183. The van der Waals surface area contributed by atoms with Crippen LogP contribution < -0.4 is 15.5 Å². The maximum Gasteiger partial charge on any atom is 0.257 e. The number of anilines is 2. The number of hydrogen-bond acceptors (Lipinski definition) is 4. The third kappa shape index (κ3) is 5.95. The molecule has 31 heavy (non-hydrogen) atoms. The van der Waals surface area contributed by atoms with E-state index in [0.29, 0.717) is 35.8 Å². The van der Waals surface area contributed by atoms with Crippen molar-refractivity contribution in [1.29, 1.82) is 0 Å². The van der Waals surface area contributed by atoms with Crippen LogP contribution in [0.3, 0.4) is 0 Å². The van der Waals surface area contributed by atoms with Crippen LogP contribution in [0.25, 0.3) is 0 Å². The second-order valence-electron chi connectivity index (χ2n) is 7.35. The maximum atomic E-state index is 12.4. The Morgan fingerprint density at radius 1 is 1.03 bits per heavy atom. The summed E-state index contributed by atoms with van der Waals surface area (Å²) in [6.07, 6.45) is 1.45. The fraction of sp³-hybridized carbons (Fsp3) is 0.348. The molecule has 2 N–H and O–H groups in total. The van der Waals surface area contributed by atoms with Crippen LogP contribution in [0.4, 0.5) is 11.4 Å². The summed E-state index contributed by atoms with van der Waals surface area (Å²) in [5.74, 6) is -0.0791. The van der Waals surface area contributed by atoms with Crippen molar-refractivity contribution >= 4 is 52.1 Å². The normalized spacial score (nSPS) is 13.6. The SMILES string of the molecule is CCC(=O)N1CCN(c2ccc(NC(=S)NC(=O)c3ccc(CC)cc3)cc2Cl)CC1. The van der Waals surface area contributed by atoms with Gasteiger partial charge >= 0.3 is 0 Å². The molecule has 1 heterocycles. The number of carbonyl (C=O) groups is 2. The predicted octanol–water partition coefficient (Wildman–Crippen LogP) is 4.09. The van der Waals surface area contributed by atoms with E-state index in [9.17, 15) is 9.59 Å². The lowest BCUT2D eigenvalue weighted by atomic mass is 10.1. The van der Waals surface area contributed by atoms with Gasteiger partial charge in [0.05, 0.1) is 10.7 Å². The average molecular weight is 459 g/mol. The Labute approximate surface area is 193 Å². The Bertz CT molecular complexity index is 957. The largest absolute Gasteiger partial charge is 0.367 e. The van der Waals surface area contributed by atoms with E-state index in [-0.39, 0.29) is 16.9 Å². The molecule has 0 spiro atoms. The number of nitrogens with one attached hydrogen (secondary N) is 2. The molecule has 2 aromatic rings. The molecule has 164 valence electrons. The quantitative estimate of drug-likeness (QED) is 0.661. The lowest BCUT2D eigenvalue weighted by molar-refractivity contribution is -0.131. The van der Waals surface area contributed by atoms with E-state index in [4.69, 9.17) is 23.8 Å². The first kappa shape index (κ1) is 23.0. The molecule has 1 aliphatic heterocycles. The van der Waals surface area contributed by atoms with E-state index in [1.165, 1.54) is 5.56 Å². The summed E-state index contributed by atoms with van der Waals surface area (Å²) < 4.78 is 0. The molecule has 0 radical (unpaired) electrons. The fourth-order valence-corrected chi connectivity index (χ4v) is 4.00. The Hall–Kier alpha value is -2.64. The van der Waals surface area contributed by atoms with Crippen LogP contribution in [-0.4, -0.2) is 48.0 Å². The number of rotatable bonds is 5. The Morgan fingerprint density at radius 2 is 1.71 bits per heavy atom. The van der Waals surface area contributed by atoms with Gasteiger partial charge in [0.1, 0.15) is 0 Å². The van der Waals surface area contributed by atoms with Gasteiger partial charge in [0.2, 0.25) is 5.91 Å². The van der Waals surface area contributed by atoms with Crippen molar-refractivity contribution in [2.45, 2.75) is 26.7 Å². The molecule has 8 heteroatoms. The van der Waals surface area contributed by atoms with Crippen LogP contribution in [0.5, 0.6) is 0 Å². The van der Waals surface area contributed by atoms with Gasteiger partial charge < -0.3 is 15.1 Å². The second kappa shape index (κ2) is 10.6. The van der Waals surface area contributed by atoms with Crippen molar-refractivity contribution in [2.24, 2.45) is 0 Å². The van der Waals surface area contributed by atoms with Crippen LogP contribution in [0.2, 0.25) is 5.02 Å². The molecule has 0 saturated carbocycles. The molecular weight excluding hydrogens is 432 g/mol. The lowest BCUT2D eigenvalue weighted by Gasteiger charge is -2.36. The number of thiocarbonyl (C=S) groups is 1. The number of halogens is 1. The molecule has 2 amide bonds. The van der Waals surface area contributed by atoms with E-state index >= 15 is 0 Å². The minimum atomic E-state index is -0.262. The third-order valence-corrected chi connectivity index (χ3v) is 5.84. The van der Waals surface area contributed by atoms with Crippen molar-refractivity contribution in [3.63, 3.8) is 0 Å². The first-order chi connectivity index (χ1) is 14.9. The molecule has 1 fully saturated rings. The summed E-state index contributed by atoms with van der Waals surface area (Å²) >= 11 is 11.8. The molecule has 1 aliphatic rings. The Balaban J connectivity index is 1.56. The van der Waals surface area contributed by atoms with Crippen LogP contribution >= 0.6 is 23.8 Å². The number of nitrogens with zero attached hydrogens (tertiary/aromatic N) is 2. The Kier molecular flexibility index (Phi) is 7.87. The minimum Gasteiger partial charge on any atom is -0.367 e. The Morgan fingerprint density at radius 3 is 2.29 bits per heavy atom. The van der Waals surface area contributed by atoms with E-state index < -0.39 is 0 Å². The average Bonchev–Trinajstić information content (AvgIpc) is 2.78. The van der Waals surface area contributed by atoms with Crippen molar-refractivity contribution < 1.29 is 9.59 Å².